The first kappa shape index (κ1) is 17.9. The van der Waals surface area contributed by atoms with Crippen LogP contribution in [0.1, 0.15) is 33.1 Å². The number of rotatable bonds is 8. The topological polar surface area (TPSA) is 61.9 Å². The largest absolute Gasteiger partial charge is 0.379 e. The third-order valence-electron chi connectivity index (χ3n) is 3.57. The summed E-state index contributed by atoms with van der Waals surface area (Å²) >= 11 is 0. The summed E-state index contributed by atoms with van der Waals surface area (Å²) in [7, 11) is 0. The van der Waals surface area contributed by atoms with Crippen molar-refractivity contribution in [3.8, 4) is 0 Å². The van der Waals surface area contributed by atoms with E-state index in [2.05, 4.69) is 17.1 Å². The number of nitrogens with zero attached hydrogens (tertiary/aromatic N) is 2. The Morgan fingerprint density at radius 2 is 1.86 bits per heavy atom. The molecule has 1 fully saturated rings. The summed E-state index contributed by atoms with van der Waals surface area (Å²) < 4.78 is 5.27. The predicted octanol–water partition coefficient (Wildman–Crippen LogP) is 0.474. The van der Waals surface area contributed by atoms with Gasteiger partial charge in [-0.05, 0) is 12.8 Å². The van der Waals surface area contributed by atoms with Crippen LogP contribution in [0.3, 0.4) is 0 Å². The summed E-state index contributed by atoms with van der Waals surface area (Å²) in [5, 5.41) is 2.73. The highest BCUT2D eigenvalue weighted by Crippen LogP contribution is 1.99. The van der Waals surface area contributed by atoms with Crippen molar-refractivity contribution >= 4 is 11.8 Å². The Bertz CT molecular complexity index is 317. The predicted molar refractivity (Wildman–Crippen MR) is 82.0 cm³/mol. The van der Waals surface area contributed by atoms with Crippen LogP contribution in [-0.2, 0) is 14.3 Å². The van der Waals surface area contributed by atoms with E-state index in [-0.39, 0.29) is 0 Å². The van der Waals surface area contributed by atoms with Crippen LogP contribution in [0.5, 0.6) is 0 Å². The van der Waals surface area contributed by atoms with Crippen molar-refractivity contribution in [2.45, 2.75) is 33.1 Å². The van der Waals surface area contributed by atoms with E-state index in [1.807, 2.05) is 6.92 Å². The van der Waals surface area contributed by atoms with Crippen LogP contribution in [0.4, 0.5) is 0 Å². The van der Waals surface area contributed by atoms with E-state index in [4.69, 9.17) is 4.74 Å². The Kier molecular flexibility index (Phi) is 9.01. The van der Waals surface area contributed by atoms with Gasteiger partial charge in [0.05, 0.1) is 13.2 Å². The molecule has 1 saturated heterocycles. The van der Waals surface area contributed by atoms with Crippen LogP contribution in [0.15, 0.2) is 0 Å². The van der Waals surface area contributed by atoms with Gasteiger partial charge in [-0.25, -0.2) is 0 Å². The Labute approximate surface area is 127 Å². The first-order valence-electron chi connectivity index (χ1n) is 8.06. The van der Waals surface area contributed by atoms with Gasteiger partial charge in [0, 0.05) is 39.3 Å². The molecule has 1 heterocycles. The number of morpholine rings is 1. The Morgan fingerprint density at radius 1 is 1.14 bits per heavy atom. The minimum absolute atomic E-state index is 0.396. The standard InChI is InChI=1S/C15H29N3O3/c1-3-5-8-18(7-4-2)15(20)14(19)16-6-9-17-10-12-21-13-11-17/h3-13H2,1-2H3,(H,16,19). The van der Waals surface area contributed by atoms with Gasteiger partial charge in [0.25, 0.3) is 0 Å². The normalized spacial score (nSPS) is 15.7. The van der Waals surface area contributed by atoms with E-state index in [1.54, 1.807) is 4.90 Å². The molecule has 1 aliphatic rings. The zero-order valence-corrected chi connectivity index (χ0v) is 13.4. The lowest BCUT2D eigenvalue weighted by atomic mass is 10.3. The fraction of sp³-hybridized carbons (Fsp3) is 0.867. The van der Waals surface area contributed by atoms with Crippen LogP contribution >= 0.6 is 0 Å². The van der Waals surface area contributed by atoms with Gasteiger partial charge in [-0.15, -0.1) is 0 Å². The summed E-state index contributed by atoms with van der Waals surface area (Å²) in [4.78, 5) is 27.9. The minimum Gasteiger partial charge on any atom is -0.379 e. The number of carbonyl (C=O) groups is 2. The molecule has 21 heavy (non-hydrogen) atoms. The maximum absolute atomic E-state index is 12.1. The van der Waals surface area contributed by atoms with Gasteiger partial charge in [0.15, 0.2) is 0 Å². The highest BCUT2D eigenvalue weighted by atomic mass is 16.5. The lowest BCUT2D eigenvalue weighted by molar-refractivity contribution is -0.146. The number of hydrogen-bond donors (Lipinski definition) is 1. The maximum Gasteiger partial charge on any atom is 0.311 e. The number of carbonyl (C=O) groups excluding carboxylic acids is 2. The molecular formula is C15H29N3O3. The van der Waals surface area contributed by atoms with E-state index in [1.165, 1.54) is 0 Å². The number of unbranched alkanes of at least 4 members (excludes halogenated alkanes) is 1. The van der Waals surface area contributed by atoms with Crippen molar-refractivity contribution in [3.63, 3.8) is 0 Å². The van der Waals surface area contributed by atoms with Gasteiger partial charge in [-0.2, -0.15) is 0 Å². The lowest BCUT2D eigenvalue weighted by Gasteiger charge is -2.26. The Hall–Kier alpha value is -1.14. The van der Waals surface area contributed by atoms with Gasteiger partial charge in [-0.1, -0.05) is 20.3 Å². The molecule has 1 aliphatic heterocycles. The molecule has 1 N–H and O–H groups in total. The van der Waals surface area contributed by atoms with Crippen molar-refractivity contribution < 1.29 is 14.3 Å². The van der Waals surface area contributed by atoms with Crippen molar-refractivity contribution in [2.24, 2.45) is 0 Å². The lowest BCUT2D eigenvalue weighted by Crippen LogP contribution is -2.46. The van der Waals surface area contributed by atoms with Gasteiger partial charge < -0.3 is 15.0 Å². The fourth-order valence-corrected chi connectivity index (χ4v) is 2.31. The molecule has 6 nitrogen and oxygen atoms in total. The van der Waals surface area contributed by atoms with Gasteiger partial charge in [-0.3, -0.25) is 14.5 Å². The van der Waals surface area contributed by atoms with Crippen LogP contribution in [0.25, 0.3) is 0 Å². The number of hydrogen-bond acceptors (Lipinski definition) is 4. The monoisotopic (exact) mass is 299 g/mol. The van der Waals surface area contributed by atoms with Crippen molar-refractivity contribution in [1.29, 1.82) is 0 Å². The molecule has 0 bridgehead atoms. The second kappa shape index (κ2) is 10.6. The molecule has 0 aromatic carbocycles. The van der Waals surface area contributed by atoms with Gasteiger partial charge in [0.1, 0.15) is 0 Å². The second-order valence-corrected chi connectivity index (χ2v) is 5.36. The third-order valence-corrected chi connectivity index (χ3v) is 3.57. The molecule has 0 radical (unpaired) electrons. The molecular weight excluding hydrogens is 270 g/mol. The van der Waals surface area contributed by atoms with Gasteiger partial charge >= 0.3 is 11.8 Å². The zero-order valence-electron chi connectivity index (χ0n) is 13.4. The molecule has 0 aromatic heterocycles. The average Bonchev–Trinajstić information content (AvgIpc) is 2.51. The van der Waals surface area contributed by atoms with E-state index >= 15 is 0 Å². The van der Waals surface area contributed by atoms with Crippen molar-refractivity contribution in [2.75, 3.05) is 52.5 Å². The molecule has 0 spiro atoms. The van der Waals surface area contributed by atoms with Crippen LogP contribution in [-0.4, -0.2) is 74.1 Å². The van der Waals surface area contributed by atoms with Crippen LogP contribution in [0.2, 0.25) is 0 Å². The molecule has 0 saturated carbocycles. The summed E-state index contributed by atoms with van der Waals surface area (Å²) in [6.07, 6.45) is 2.83. The first-order chi connectivity index (χ1) is 10.2. The van der Waals surface area contributed by atoms with Crippen LogP contribution < -0.4 is 5.32 Å². The molecule has 0 aliphatic carbocycles. The van der Waals surface area contributed by atoms with Crippen molar-refractivity contribution in [1.82, 2.24) is 15.1 Å². The summed E-state index contributed by atoms with van der Waals surface area (Å²) in [5.74, 6) is -0.875. The molecule has 2 amide bonds. The highest BCUT2D eigenvalue weighted by molar-refractivity contribution is 6.35. The molecule has 0 atom stereocenters. The van der Waals surface area contributed by atoms with Crippen LogP contribution in [0, 0.1) is 0 Å². The SMILES string of the molecule is CCCCN(CCC)C(=O)C(=O)NCCN1CCOCC1. The molecule has 6 heteroatoms. The quantitative estimate of drug-likeness (QED) is 0.662. The molecule has 122 valence electrons. The van der Waals surface area contributed by atoms with E-state index in [9.17, 15) is 9.59 Å². The van der Waals surface area contributed by atoms with E-state index in [0.717, 1.165) is 52.1 Å². The van der Waals surface area contributed by atoms with E-state index < -0.39 is 11.8 Å². The summed E-state index contributed by atoms with van der Waals surface area (Å²) in [6.45, 7) is 9.96. The molecule has 0 unspecified atom stereocenters. The van der Waals surface area contributed by atoms with Crippen molar-refractivity contribution in [3.05, 3.63) is 0 Å². The Balaban J connectivity index is 2.28. The summed E-state index contributed by atoms with van der Waals surface area (Å²) in [6, 6.07) is 0. The molecule has 1 rings (SSSR count). The number of nitrogens with one attached hydrogen (secondary N) is 1. The molecule has 0 aromatic rings. The first-order valence-corrected chi connectivity index (χ1v) is 8.06. The average molecular weight is 299 g/mol. The minimum atomic E-state index is -0.479. The van der Waals surface area contributed by atoms with Gasteiger partial charge in [0.2, 0.25) is 0 Å². The number of ether oxygens (including phenoxy) is 1. The Morgan fingerprint density at radius 3 is 2.48 bits per heavy atom. The number of amides is 2. The highest BCUT2D eigenvalue weighted by Gasteiger charge is 2.20. The fourth-order valence-electron chi connectivity index (χ4n) is 2.31. The smallest absolute Gasteiger partial charge is 0.311 e. The summed E-state index contributed by atoms with van der Waals surface area (Å²) in [5.41, 5.74) is 0. The second-order valence-electron chi connectivity index (χ2n) is 5.36. The third kappa shape index (κ3) is 6.91. The maximum atomic E-state index is 12.1. The van der Waals surface area contributed by atoms with E-state index in [0.29, 0.717) is 19.6 Å². The zero-order chi connectivity index (χ0) is 15.5.